The Labute approximate surface area is 98.5 Å². The number of carboxylic acid groups (broad SMARTS) is 1. The molecule has 0 bridgehead atoms. The van der Waals surface area contributed by atoms with E-state index in [4.69, 9.17) is 5.11 Å². The molecule has 1 aromatic carbocycles. The fourth-order valence-electron chi connectivity index (χ4n) is 1.09. The second-order valence-electron chi connectivity index (χ2n) is 4.70. The molecular weight excluding hydrogens is 225 g/mol. The third kappa shape index (κ3) is 3.27. The van der Waals surface area contributed by atoms with E-state index >= 15 is 0 Å². The molecule has 0 aromatic heterocycles. The van der Waals surface area contributed by atoms with E-state index in [0.717, 1.165) is 12.1 Å². The Morgan fingerprint density at radius 1 is 1.29 bits per heavy atom. The first-order chi connectivity index (χ1) is 7.71. The van der Waals surface area contributed by atoms with Crippen LogP contribution in [0.15, 0.2) is 18.2 Å². The highest BCUT2D eigenvalue weighted by Gasteiger charge is 2.21. The van der Waals surface area contributed by atoms with Crippen LogP contribution in [0.1, 0.15) is 31.1 Å². The molecule has 2 N–H and O–H groups in total. The fourth-order valence-corrected chi connectivity index (χ4v) is 1.09. The Hall–Kier alpha value is -1.91. The Morgan fingerprint density at radius 2 is 1.88 bits per heavy atom. The summed E-state index contributed by atoms with van der Waals surface area (Å²) in [5, 5.41) is 11.3. The van der Waals surface area contributed by atoms with E-state index in [1.807, 2.05) is 0 Å². The summed E-state index contributed by atoms with van der Waals surface area (Å²) < 4.78 is 13.1. The van der Waals surface area contributed by atoms with Crippen LogP contribution in [0.2, 0.25) is 0 Å². The van der Waals surface area contributed by atoms with Crippen molar-refractivity contribution < 1.29 is 19.1 Å². The number of amides is 1. The highest BCUT2D eigenvalue weighted by molar-refractivity contribution is 5.96. The van der Waals surface area contributed by atoms with E-state index < -0.39 is 22.8 Å². The van der Waals surface area contributed by atoms with Crippen molar-refractivity contribution in [1.82, 2.24) is 0 Å². The lowest BCUT2D eigenvalue weighted by Gasteiger charge is -2.17. The third-order valence-electron chi connectivity index (χ3n) is 2.14. The molecule has 0 unspecified atom stereocenters. The summed E-state index contributed by atoms with van der Waals surface area (Å²) in [6.45, 7) is 5.18. The summed E-state index contributed by atoms with van der Waals surface area (Å²) in [7, 11) is 0. The maximum atomic E-state index is 13.1. The predicted molar refractivity (Wildman–Crippen MR) is 61.4 cm³/mol. The summed E-state index contributed by atoms with van der Waals surface area (Å²) in [6.07, 6.45) is 0. The van der Waals surface area contributed by atoms with Crippen molar-refractivity contribution in [3.63, 3.8) is 0 Å². The van der Waals surface area contributed by atoms with Crippen LogP contribution in [-0.2, 0) is 4.79 Å². The van der Waals surface area contributed by atoms with Crippen LogP contribution in [-0.4, -0.2) is 17.0 Å². The van der Waals surface area contributed by atoms with Gasteiger partial charge in [0.05, 0.1) is 5.56 Å². The van der Waals surface area contributed by atoms with E-state index in [0.29, 0.717) is 0 Å². The van der Waals surface area contributed by atoms with E-state index in [-0.39, 0.29) is 11.6 Å². The Morgan fingerprint density at radius 3 is 2.35 bits per heavy atom. The van der Waals surface area contributed by atoms with Gasteiger partial charge < -0.3 is 10.4 Å². The van der Waals surface area contributed by atoms with E-state index in [1.54, 1.807) is 20.8 Å². The molecule has 0 aliphatic rings. The lowest BCUT2D eigenvalue weighted by atomic mass is 9.95. The minimum absolute atomic E-state index is 0.263. The average Bonchev–Trinajstić information content (AvgIpc) is 2.19. The van der Waals surface area contributed by atoms with Gasteiger partial charge in [-0.05, 0) is 18.2 Å². The van der Waals surface area contributed by atoms with Crippen molar-refractivity contribution in [2.75, 3.05) is 5.32 Å². The van der Waals surface area contributed by atoms with Crippen molar-refractivity contribution in [2.24, 2.45) is 5.41 Å². The number of carboxylic acids is 1. The molecule has 0 atom stereocenters. The monoisotopic (exact) mass is 239 g/mol. The van der Waals surface area contributed by atoms with Gasteiger partial charge in [-0.25, -0.2) is 9.18 Å². The van der Waals surface area contributed by atoms with Crippen LogP contribution in [0.4, 0.5) is 10.1 Å². The highest BCUT2D eigenvalue weighted by atomic mass is 19.1. The van der Waals surface area contributed by atoms with Crippen LogP contribution < -0.4 is 5.32 Å². The van der Waals surface area contributed by atoms with Crippen LogP contribution in [0.5, 0.6) is 0 Å². The van der Waals surface area contributed by atoms with Gasteiger partial charge in [0.2, 0.25) is 5.91 Å². The second kappa shape index (κ2) is 4.53. The first-order valence-electron chi connectivity index (χ1n) is 5.06. The summed E-state index contributed by atoms with van der Waals surface area (Å²) in [4.78, 5) is 22.4. The molecule has 0 fully saturated rings. The van der Waals surface area contributed by atoms with Crippen molar-refractivity contribution >= 4 is 17.6 Å². The Balaban J connectivity index is 2.98. The lowest BCUT2D eigenvalue weighted by Crippen LogP contribution is -2.27. The van der Waals surface area contributed by atoms with Crippen molar-refractivity contribution in [3.8, 4) is 0 Å². The minimum atomic E-state index is -1.37. The number of rotatable bonds is 2. The van der Waals surface area contributed by atoms with Crippen LogP contribution >= 0.6 is 0 Å². The number of benzene rings is 1. The summed E-state index contributed by atoms with van der Waals surface area (Å²) >= 11 is 0. The van der Waals surface area contributed by atoms with Crippen LogP contribution in [0.25, 0.3) is 0 Å². The van der Waals surface area contributed by atoms with Gasteiger partial charge in [0.15, 0.2) is 0 Å². The number of halogens is 1. The first-order valence-corrected chi connectivity index (χ1v) is 5.06. The molecule has 0 saturated heterocycles. The van der Waals surface area contributed by atoms with Crippen molar-refractivity contribution in [2.45, 2.75) is 20.8 Å². The van der Waals surface area contributed by atoms with Gasteiger partial charge >= 0.3 is 5.97 Å². The van der Waals surface area contributed by atoms with Crippen LogP contribution in [0, 0.1) is 11.2 Å². The fraction of sp³-hybridized carbons (Fsp3) is 0.333. The van der Waals surface area contributed by atoms with Gasteiger partial charge in [-0.1, -0.05) is 20.8 Å². The molecule has 1 rings (SSSR count). The SMILES string of the molecule is CC(C)(C)C(=O)Nc1ccc(F)c(C(=O)O)c1. The number of aromatic carboxylic acids is 1. The van der Waals surface area contributed by atoms with Gasteiger partial charge in [0.25, 0.3) is 0 Å². The maximum Gasteiger partial charge on any atom is 0.338 e. The van der Waals surface area contributed by atoms with E-state index in [2.05, 4.69) is 5.32 Å². The van der Waals surface area contributed by atoms with Crippen LogP contribution in [0.3, 0.4) is 0 Å². The smallest absolute Gasteiger partial charge is 0.338 e. The van der Waals surface area contributed by atoms with E-state index in [1.165, 1.54) is 6.07 Å². The zero-order valence-corrected chi connectivity index (χ0v) is 9.87. The number of hydrogen-bond donors (Lipinski definition) is 2. The van der Waals surface area contributed by atoms with Gasteiger partial charge in [-0.2, -0.15) is 0 Å². The molecule has 0 spiro atoms. The standard InChI is InChI=1S/C12H14FNO3/c1-12(2,3)11(17)14-7-4-5-9(13)8(6-7)10(15)16/h4-6H,1-3H3,(H,14,17)(H,15,16). The molecule has 0 radical (unpaired) electrons. The Kier molecular flexibility index (Phi) is 3.50. The van der Waals surface area contributed by atoms with Crippen molar-refractivity contribution in [1.29, 1.82) is 0 Å². The topological polar surface area (TPSA) is 66.4 Å². The zero-order chi connectivity index (χ0) is 13.2. The zero-order valence-electron chi connectivity index (χ0n) is 9.87. The number of nitrogens with one attached hydrogen (secondary N) is 1. The van der Waals surface area contributed by atoms with Gasteiger partial charge in [-0.3, -0.25) is 4.79 Å². The molecule has 92 valence electrons. The maximum absolute atomic E-state index is 13.1. The van der Waals surface area contributed by atoms with Gasteiger partial charge in [0.1, 0.15) is 5.82 Å². The van der Waals surface area contributed by atoms with Gasteiger partial charge in [0, 0.05) is 11.1 Å². The van der Waals surface area contributed by atoms with E-state index in [9.17, 15) is 14.0 Å². The second-order valence-corrected chi connectivity index (χ2v) is 4.70. The molecule has 1 amide bonds. The van der Waals surface area contributed by atoms with Gasteiger partial charge in [-0.15, -0.1) is 0 Å². The summed E-state index contributed by atoms with van der Waals surface area (Å²) in [5.41, 5.74) is -0.793. The molecule has 0 saturated carbocycles. The van der Waals surface area contributed by atoms with Crippen molar-refractivity contribution in [3.05, 3.63) is 29.6 Å². The summed E-state index contributed by atoms with van der Waals surface area (Å²) in [5.74, 6) is -2.46. The quantitative estimate of drug-likeness (QED) is 0.833. The number of hydrogen-bond acceptors (Lipinski definition) is 2. The molecule has 4 nitrogen and oxygen atoms in total. The largest absolute Gasteiger partial charge is 0.478 e. The lowest BCUT2D eigenvalue weighted by molar-refractivity contribution is -0.123. The normalized spacial score (nSPS) is 11.1. The summed E-state index contributed by atoms with van der Waals surface area (Å²) in [6, 6.07) is 3.44. The highest BCUT2D eigenvalue weighted by Crippen LogP contribution is 2.19. The molecular formula is C12H14FNO3. The number of carbonyl (C=O) groups excluding carboxylic acids is 1. The first kappa shape index (κ1) is 13.2. The minimum Gasteiger partial charge on any atom is -0.478 e. The Bertz CT molecular complexity index is 463. The molecule has 17 heavy (non-hydrogen) atoms. The number of anilines is 1. The molecule has 5 heteroatoms. The molecule has 0 aliphatic heterocycles. The molecule has 1 aromatic rings. The predicted octanol–water partition coefficient (Wildman–Crippen LogP) is 2.51. The average molecular weight is 239 g/mol. The third-order valence-corrected chi connectivity index (χ3v) is 2.14. The number of carbonyl (C=O) groups is 2. The molecule has 0 heterocycles. The molecule has 0 aliphatic carbocycles.